The summed E-state index contributed by atoms with van der Waals surface area (Å²) in [5.74, 6) is 0.150. The van der Waals surface area contributed by atoms with E-state index in [1.54, 1.807) is 29.8 Å². The molecular formula is C18H18Cl2N6O3. The van der Waals surface area contributed by atoms with E-state index in [4.69, 9.17) is 23.2 Å². The maximum Gasteiger partial charge on any atom is 0.309 e. The molecule has 3 rings (SSSR count). The second-order valence-corrected chi connectivity index (χ2v) is 7.30. The molecule has 0 fully saturated rings. The Hall–Kier alpha value is -2.91. The van der Waals surface area contributed by atoms with Crippen molar-refractivity contribution >= 4 is 40.6 Å². The number of hydrogen-bond acceptors (Lipinski definition) is 5. The van der Waals surface area contributed by atoms with E-state index >= 15 is 0 Å². The SMILES string of the molecule is Cc1cc(NC(=O)CCn2ncc([N+](=O)[O-])c2C)nn1Cc1ccc(Cl)cc1Cl. The van der Waals surface area contributed by atoms with E-state index in [1.807, 2.05) is 13.0 Å². The molecule has 152 valence electrons. The normalized spacial score (nSPS) is 10.9. The third-order valence-corrected chi connectivity index (χ3v) is 5.00. The smallest absolute Gasteiger partial charge is 0.309 e. The van der Waals surface area contributed by atoms with Crippen LogP contribution in [0, 0.1) is 24.0 Å². The van der Waals surface area contributed by atoms with Crippen LogP contribution in [0.15, 0.2) is 30.5 Å². The monoisotopic (exact) mass is 436 g/mol. The van der Waals surface area contributed by atoms with Crippen LogP contribution in [0.3, 0.4) is 0 Å². The van der Waals surface area contributed by atoms with Gasteiger partial charge in [-0.15, -0.1) is 0 Å². The van der Waals surface area contributed by atoms with E-state index in [0.29, 0.717) is 28.1 Å². The number of rotatable bonds is 7. The lowest BCUT2D eigenvalue weighted by atomic mass is 10.2. The summed E-state index contributed by atoms with van der Waals surface area (Å²) in [7, 11) is 0. The van der Waals surface area contributed by atoms with Crippen LogP contribution in [0.25, 0.3) is 0 Å². The summed E-state index contributed by atoms with van der Waals surface area (Å²) in [6.45, 7) is 4.13. The summed E-state index contributed by atoms with van der Waals surface area (Å²) in [6.07, 6.45) is 1.29. The van der Waals surface area contributed by atoms with Crippen molar-refractivity contribution in [2.24, 2.45) is 0 Å². The molecule has 2 heterocycles. The van der Waals surface area contributed by atoms with Gasteiger partial charge in [0.2, 0.25) is 5.91 Å². The Morgan fingerprint density at radius 1 is 1.24 bits per heavy atom. The molecule has 0 radical (unpaired) electrons. The molecule has 1 amide bonds. The highest BCUT2D eigenvalue weighted by atomic mass is 35.5. The van der Waals surface area contributed by atoms with Crippen LogP contribution >= 0.6 is 23.2 Å². The number of nitro groups is 1. The standard InChI is InChI=1S/C18H18Cl2N6O3/c1-11-7-17(23-25(11)10-13-3-4-14(19)8-15(13)20)22-18(27)5-6-24-12(2)16(9-21-24)26(28)29/h3-4,7-9H,5-6,10H2,1-2H3,(H,22,23,27). The quantitative estimate of drug-likeness (QED) is 0.444. The lowest BCUT2D eigenvalue weighted by Crippen LogP contribution is -2.16. The highest BCUT2D eigenvalue weighted by Crippen LogP contribution is 2.23. The predicted octanol–water partition coefficient (Wildman–Crippen LogP) is 3.99. The molecule has 3 aromatic rings. The maximum absolute atomic E-state index is 12.2. The molecule has 0 aliphatic heterocycles. The first-order valence-electron chi connectivity index (χ1n) is 8.69. The molecule has 0 saturated heterocycles. The van der Waals surface area contributed by atoms with Crippen LogP contribution in [-0.2, 0) is 17.9 Å². The highest BCUT2D eigenvalue weighted by Gasteiger charge is 2.17. The fraction of sp³-hybridized carbons (Fsp3) is 0.278. The van der Waals surface area contributed by atoms with Gasteiger partial charge in [-0.3, -0.25) is 24.3 Å². The molecular weight excluding hydrogens is 419 g/mol. The number of nitrogens with zero attached hydrogens (tertiary/aromatic N) is 5. The number of benzene rings is 1. The van der Waals surface area contributed by atoms with Gasteiger partial charge in [-0.1, -0.05) is 29.3 Å². The lowest BCUT2D eigenvalue weighted by Gasteiger charge is -2.07. The topological polar surface area (TPSA) is 108 Å². The van der Waals surface area contributed by atoms with E-state index in [-0.39, 0.29) is 24.6 Å². The maximum atomic E-state index is 12.2. The summed E-state index contributed by atoms with van der Waals surface area (Å²) < 4.78 is 3.16. The Morgan fingerprint density at radius 2 is 2.00 bits per heavy atom. The third-order valence-electron chi connectivity index (χ3n) is 4.41. The van der Waals surface area contributed by atoms with Gasteiger partial charge >= 0.3 is 5.69 Å². The Morgan fingerprint density at radius 3 is 2.66 bits per heavy atom. The minimum atomic E-state index is -0.499. The second kappa shape index (κ2) is 8.62. The fourth-order valence-electron chi connectivity index (χ4n) is 2.80. The molecule has 11 heteroatoms. The zero-order chi connectivity index (χ0) is 21.1. The van der Waals surface area contributed by atoms with Crippen molar-refractivity contribution in [2.75, 3.05) is 5.32 Å². The molecule has 2 aromatic heterocycles. The van der Waals surface area contributed by atoms with Gasteiger partial charge < -0.3 is 5.32 Å². The molecule has 0 spiro atoms. The van der Waals surface area contributed by atoms with Crippen molar-refractivity contribution in [3.63, 3.8) is 0 Å². The second-order valence-electron chi connectivity index (χ2n) is 6.46. The van der Waals surface area contributed by atoms with Gasteiger partial charge in [-0.2, -0.15) is 10.2 Å². The Labute approximate surface area is 176 Å². The van der Waals surface area contributed by atoms with Crippen molar-refractivity contribution in [2.45, 2.75) is 33.4 Å². The van der Waals surface area contributed by atoms with Crippen molar-refractivity contribution in [3.8, 4) is 0 Å². The first-order chi connectivity index (χ1) is 13.7. The van der Waals surface area contributed by atoms with Gasteiger partial charge in [0, 0.05) is 28.2 Å². The molecule has 1 aromatic carbocycles. The first kappa shape index (κ1) is 20.8. The Kier molecular flexibility index (Phi) is 6.19. The third kappa shape index (κ3) is 4.93. The Bertz CT molecular complexity index is 1080. The van der Waals surface area contributed by atoms with E-state index in [0.717, 1.165) is 11.3 Å². The number of amides is 1. The van der Waals surface area contributed by atoms with Crippen LogP contribution in [0.5, 0.6) is 0 Å². The van der Waals surface area contributed by atoms with Crippen LogP contribution in [0.4, 0.5) is 11.5 Å². The van der Waals surface area contributed by atoms with Crippen molar-refractivity contribution < 1.29 is 9.72 Å². The number of carbonyl (C=O) groups is 1. The fourth-order valence-corrected chi connectivity index (χ4v) is 3.26. The molecule has 0 atom stereocenters. The zero-order valence-electron chi connectivity index (χ0n) is 15.7. The lowest BCUT2D eigenvalue weighted by molar-refractivity contribution is -0.385. The van der Waals surface area contributed by atoms with Gasteiger partial charge in [0.25, 0.3) is 0 Å². The number of nitrogens with one attached hydrogen (secondary N) is 1. The van der Waals surface area contributed by atoms with Gasteiger partial charge in [0.1, 0.15) is 11.9 Å². The molecule has 0 saturated carbocycles. The molecule has 9 nitrogen and oxygen atoms in total. The van der Waals surface area contributed by atoms with Crippen molar-refractivity contribution in [1.82, 2.24) is 19.6 Å². The minimum absolute atomic E-state index is 0.0689. The van der Waals surface area contributed by atoms with Gasteiger partial charge in [0.15, 0.2) is 5.82 Å². The van der Waals surface area contributed by atoms with E-state index in [1.165, 1.54) is 10.9 Å². The molecule has 0 unspecified atom stereocenters. The van der Waals surface area contributed by atoms with Crippen LogP contribution in [0.1, 0.15) is 23.4 Å². The number of anilines is 1. The zero-order valence-corrected chi connectivity index (χ0v) is 17.2. The van der Waals surface area contributed by atoms with E-state index in [2.05, 4.69) is 15.5 Å². The summed E-state index contributed by atoms with van der Waals surface area (Å²) in [6, 6.07) is 7.01. The van der Waals surface area contributed by atoms with E-state index in [9.17, 15) is 14.9 Å². The number of hydrogen-bond donors (Lipinski definition) is 1. The predicted molar refractivity (Wildman–Crippen MR) is 109 cm³/mol. The molecule has 1 N–H and O–H groups in total. The summed E-state index contributed by atoms with van der Waals surface area (Å²) in [4.78, 5) is 22.6. The number of aromatic nitrogens is 4. The van der Waals surface area contributed by atoms with Crippen LogP contribution in [-0.4, -0.2) is 30.4 Å². The molecule has 0 bridgehead atoms. The number of aryl methyl sites for hydroxylation is 2. The van der Waals surface area contributed by atoms with Crippen LogP contribution < -0.4 is 5.32 Å². The van der Waals surface area contributed by atoms with Gasteiger partial charge in [-0.05, 0) is 31.5 Å². The first-order valence-corrected chi connectivity index (χ1v) is 9.45. The summed E-state index contributed by atoms with van der Waals surface area (Å²) >= 11 is 12.1. The highest BCUT2D eigenvalue weighted by molar-refractivity contribution is 6.35. The molecule has 0 aliphatic rings. The summed E-state index contributed by atoms with van der Waals surface area (Å²) in [5.41, 5.74) is 2.05. The van der Waals surface area contributed by atoms with Crippen LogP contribution in [0.2, 0.25) is 10.0 Å². The number of carbonyl (C=O) groups excluding carboxylic acids is 1. The minimum Gasteiger partial charge on any atom is -0.309 e. The largest absolute Gasteiger partial charge is 0.309 e. The van der Waals surface area contributed by atoms with Crippen molar-refractivity contribution in [3.05, 3.63) is 67.6 Å². The molecule has 29 heavy (non-hydrogen) atoms. The number of halogens is 2. The van der Waals surface area contributed by atoms with Gasteiger partial charge in [-0.25, -0.2) is 0 Å². The Balaban J connectivity index is 1.61. The average molecular weight is 437 g/mol. The van der Waals surface area contributed by atoms with Crippen molar-refractivity contribution in [1.29, 1.82) is 0 Å². The average Bonchev–Trinajstić information content (AvgIpc) is 3.18. The molecule has 0 aliphatic carbocycles. The summed E-state index contributed by atoms with van der Waals surface area (Å²) in [5, 5.41) is 23.0. The van der Waals surface area contributed by atoms with E-state index < -0.39 is 4.92 Å². The van der Waals surface area contributed by atoms with Gasteiger partial charge in [0.05, 0.1) is 18.0 Å².